The summed E-state index contributed by atoms with van der Waals surface area (Å²) in [6, 6.07) is 17.8. The summed E-state index contributed by atoms with van der Waals surface area (Å²) in [6.07, 6.45) is 0. The molecule has 6 heteroatoms. The Bertz CT molecular complexity index is 963. The molecule has 30 heavy (non-hydrogen) atoms. The Morgan fingerprint density at radius 3 is 2.40 bits per heavy atom. The molecule has 0 bridgehead atoms. The molecule has 0 heterocycles. The third kappa shape index (κ3) is 5.88. The number of nitrogens with one attached hydrogen (secondary N) is 1. The van der Waals surface area contributed by atoms with Crippen LogP contribution in [0.5, 0.6) is 17.2 Å². The first-order valence-corrected chi connectivity index (χ1v) is 10.1. The third-order valence-corrected chi connectivity index (χ3v) is 4.78. The number of hydrogen-bond donors (Lipinski definition) is 1. The van der Waals surface area contributed by atoms with E-state index in [0.717, 1.165) is 22.4 Å². The average molecular weight is 430 g/mol. The number of methoxy groups -OCH3 is 1. The summed E-state index contributed by atoms with van der Waals surface area (Å²) in [5.41, 5.74) is 2.90. The van der Waals surface area contributed by atoms with Crippen molar-refractivity contribution in [3.8, 4) is 17.2 Å². The highest BCUT2D eigenvalue weighted by molar-refractivity contribution is 6.32. The molecule has 0 aliphatic heterocycles. The minimum atomic E-state index is -0.281. The molecule has 0 aromatic heterocycles. The highest BCUT2D eigenvalue weighted by Gasteiger charge is 2.13. The van der Waals surface area contributed by atoms with Crippen LogP contribution in [-0.4, -0.2) is 13.7 Å². The number of ether oxygens (including phenoxy) is 3. The fourth-order valence-electron chi connectivity index (χ4n) is 3.05. The normalized spacial score (nSPS) is 10.7. The van der Waals surface area contributed by atoms with Crippen LogP contribution in [0, 0.1) is 5.82 Å². The number of benzene rings is 3. The Morgan fingerprint density at radius 2 is 1.67 bits per heavy atom. The molecule has 0 aliphatic rings. The second kappa shape index (κ2) is 10.9. The fraction of sp³-hybridized carbons (Fsp3) is 0.250. The van der Waals surface area contributed by atoms with Crippen LogP contribution in [0.2, 0.25) is 5.02 Å². The van der Waals surface area contributed by atoms with Gasteiger partial charge < -0.3 is 19.5 Å². The van der Waals surface area contributed by atoms with Gasteiger partial charge in [-0.2, -0.15) is 0 Å². The van der Waals surface area contributed by atoms with Crippen LogP contribution in [0.25, 0.3) is 0 Å². The predicted octanol–water partition coefficient (Wildman–Crippen LogP) is 5.76. The van der Waals surface area contributed by atoms with Crippen molar-refractivity contribution >= 4 is 11.6 Å². The van der Waals surface area contributed by atoms with Gasteiger partial charge in [0, 0.05) is 18.7 Å². The highest BCUT2D eigenvalue weighted by atomic mass is 35.5. The van der Waals surface area contributed by atoms with Gasteiger partial charge in [-0.05, 0) is 48.4 Å². The van der Waals surface area contributed by atoms with Gasteiger partial charge in [0.2, 0.25) is 0 Å². The van der Waals surface area contributed by atoms with Crippen LogP contribution in [0.3, 0.4) is 0 Å². The van der Waals surface area contributed by atoms with E-state index in [-0.39, 0.29) is 12.4 Å². The van der Waals surface area contributed by atoms with Crippen molar-refractivity contribution in [1.29, 1.82) is 0 Å². The lowest BCUT2D eigenvalue weighted by atomic mass is 10.1. The van der Waals surface area contributed by atoms with Gasteiger partial charge in [0.05, 0.1) is 18.7 Å². The summed E-state index contributed by atoms with van der Waals surface area (Å²) >= 11 is 6.49. The zero-order valence-corrected chi connectivity index (χ0v) is 17.8. The predicted molar refractivity (Wildman–Crippen MR) is 117 cm³/mol. The molecule has 4 nitrogen and oxygen atoms in total. The molecular weight excluding hydrogens is 405 g/mol. The summed E-state index contributed by atoms with van der Waals surface area (Å²) in [5, 5.41) is 3.87. The maximum Gasteiger partial charge on any atom is 0.180 e. The molecule has 158 valence electrons. The average Bonchev–Trinajstić information content (AvgIpc) is 2.75. The van der Waals surface area contributed by atoms with Gasteiger partial charge in [-0.15, -0.1) is 0 Å². The Morgan fingerprint density at radius 1 is 0.900 bits per heavy atom. The fourth-order valence-corrected chi connectivity index (χ4v) is 3.34. The Kier molecular flexibility index (Phi) is 7.94. The van der Waals surface area contributed by atoms with Crippen molar-refractivity contribution in [2.75, 3.05) is 13.7 Å². The standard InChI is InChI=1S/C24H25ClFNO3/c1-3-29-23-13-18(14-27-15-19-6-4-5-7-22(19)28-2)12-21(25)24(23)30-16-17-8-10-20(26)11-9-17/h4-13,27H,3,14-16H2,1-2H3. The largest absolute Gasteiger partial charge is 0.496 e. The molecule has 1 N–H and O–H groups in total. The smallest absolute Gasteiger partial charge is 0.180 e. The molecule has 3 aromatic carbocycles. The van der Waals surface area contributed by atoms with Crippen LogP contribution in [0.1, 0.15) is 23.6 Å². The van der Waals surface area contributed by atoms with Crippen molar-refractivity contribution in [2.24, 2.45) is 0 Å². The molecule has 0 spiro atoms. The first-order valence-electron chi connectivity index (χ1n) is 9.75. The molecule has 0 radical (unpaired) electrons. The first-order chi connectivity index (χ1) is 14.6. The minimum absolute atomic E-state index is 0.269. The van der Waals surface area contributed by atoms with Crippen LogP contribution in [-0.2, 0) is 19.7 Å². The lowest BCUT2D eigenvalue weighted by Gasteiger charge is -2.16. The van der Waals surface area contributed by atoms with E-state index in [9.17, 15) is 4.39 Å². The van der Waals surface area contributed by atoms with Crippen molar-refractivity contribution in [1.82, 2.24) is 5.32 Å². The van der Waals surface area contributed by atoms with Gasteiger partial charge in [0.15, 0.2) is 11.5 Å². The summed E-state index contributed by atoms with van der Waals surface area (Å²) < 4.78 is 30.1. The molecule has 0 amide bonds. The van der Waals surface area contributed by atoms with E-state index in [1.807, 2.05) is 43.3 Å². The van der Waals surface area contributed by atoms with Gasteiger partial charge in [-0.25, -0.2) is 4.39 Å². The lowest BCUT2D eigenvalue weighted by molar-refractivity contribution is 0.269. The van der Waals surface area contributed by atoms with Crippen LogP contribution in [0.4, 0.5) is 4.39 Å². The van der Waals surface area contributed by atoms with E-state index in [4.69, 9.17) is 25.8 Å². The quantitative estimate of drug-likeness (QED) is 0.445. The van der Waals surface area contributed by atoms with Gasteiger partial charge in [-0.1, -0.05) is 41.9 Å². The van der Waals surface area contributed by atoms with Gasteiger partial charge in [0.1, 0.15) is 18.2 Å². The molecule has 3 aromatic rings. The highest BCUT2D eigenvalue weighted by Crippen LogP contribution is 2.37. The van der Waals surface area contributed by atoms with Crippen LogP contribution >= 0.6 is 11.6 Å². The summed E-state index contributed by atoms with van der Waals surface area (Å²) in [5.74, 6) is 1.64. The maximum atomic E-state index is 13.1. The number of para-hydroxylation sites is 1. The Hall–Kier alpha value is -2.76. The number of rotatable bonds is 10. The molecule has 0 aliphatic carbocycles. The Labute approximate surface area is 181 Å². The number of hydrogen-bond acceptors (Lipinski definition) is 4. The van der Waals surface area contributed by atoms with Crippen molar-refractivity contribution < 1.29 is 18.6 Å². The molecule has 0 fully saturated rings. The van der Waals surface area contributed by atoms with Crippen LogP contribution < -0.4 is 19.5 Å². The Balaban J connectivity index is 1.68. The van der Waals surface area contributed by atoms with E-state index in [1.54, 1.807) is 19.2 Å². The van der Waals surface area contributed by atoms with Gasteiger partial charge in [-0.3, -0.25) is 0 Å². The topological polar surface area (TPSA) is 39.7 Å². The maximum absolute atomic E-state index is 13.1. The summed E-state index contributed by atoms with van der Waals surface area (Å²) in [4.78, 5) is 0. The van der Waals surface area contributed by atoms with Gasteiger partial charge >= 0.3 is 0 Å². The van der Waals surface area contributed by atoms with Crippen molar-refractivity contribution in [3.63, 3.8) is 0 Å². The molecule has 0 atom stereocenters. The molecule has 0 saturated carbocycles. The van der Waals surface area contributed by atoms with E-state index < -0.39 is 0 Å². The summed E-state index contributed by atoms with van der Waals surface area (Å²) in [7, 11) is 1.66. The monoisotopic (exact) mass is 429 g/mol. The van der Waals surface area contributed by atoms with E-state index >= 15 is 0 Å². The minimum Gasteiger partial charge on any atom is -0.496 e. The summed E-state index contributed by atoms with van der Waals surface area (Å²) in [6.45, 7) is 3.93. The van der Waals surface area contributed by atoms with E-state index in [0.29, 0.717) is 36.2 Å². The van der Waals surface area contributed by atoms with Gasteiger partial charge in [0.25, 0.3) is 0 Å². The molecule has 0 saturated heterocycles. The first kappa shape index (κ1) is 21.9. The zero-order chi connectivity index (χ0) is 21.3. The third-order valence-electron chi connectivity index (χ3n) is 4.50. The second-order valence-corrected chi connectivity index (χ2v) is 7.08. The van der Waals surface area contributed by atoms with E-state index in [1.165, 1.54) is 12.1 Å². The van der Waals surface area contributed by atoms with Crippen molar-refractivity contribution in [2.45, 2.75) is 26.6 Å². The van der Waals surface area contributed by atoms with Crippen LogP contribution in [0.15, 0.2) is 60.7 Å². The lowest BCUT2D eigenvalue weighted by Crippen LogP contribution is -2.13. The molecule has 3 rings (SSSR count). The SMILES string of the molecule is CCOc1cc(CNCc2ccccc2OC)cc(Cl)c1OCc1ccc(F)cc1. The zero-order valence-electron chi connectivity index (χ0n) is 17.1. The second-order valence-electron chi connectivity index (χ2n) is 6.67. The molecular formula is C24H25ClFNO3. The number of halogens is 2. The van der Waals surface area contributed by atoms with E-state index in [2.05, 4.69) is 5.32 Å². The van der Waals surface area contributed by atoms with Crippen molar-refractivity contribution in [3.05, 3.63) is 88.2 Å². The molecule has 0 unspecified atom stereocenters.